The SMILES string of the molecule is Cc1ccc(C2=C(N3CCCC(CO)C3)C(=O)N(CCc3ccc(Cl)cc3)C2=O)cc1. The first-order valence-corrected chi connectivity index (χ1v) is 11.1. The fourth-order valence-corrected chi connectivity index (χ4v) is 4.48. The molecular weight excluding hydrogens is 412 g/mol. The Hall–Kier alpha value is -2.63. The van der Waals surface area contributed by atoms with E-state index in [2.05, 4.69) is 0 Å². The monoisotopic (exact) mass is 438 g/mol. The summed E-state index contributed by atoms with van der Waals surface area (Å²) in [4.78, 5) is 30.3. The van der Waals surface area contributed by atoms with Gasteiger partial charge >= 0.3 is 0 Å². The van der Waals surface area contributed by atoms with Gasteiger partial charge in [-0.05, 0) is 55.4 Å². The number of aliphatic hydroxyl groups is 1. The van der Waals surface area contributed by atoms with Crippen LogP contribution in [0.4, 0.5) is 0 Å². The normalized spacial score (nSPS) is 19.5. The average molecular weight is 439 g/mol. The van der Waals surface area contributed by atoms with E-state index in [1.54, 1.807) is 0 Å². The fraction of sp³-hybridized carbons (Fsp3) is 0.360. The van der Waals surface area contributed by atoms with Gasteiger partial charge in [-0.2, -0.15) is 0 Å². The first-order valence-electron chi connectivity index (χ1n) is 10.8. The number of likely N-dealkylation sites (tertiary alicyclic amines) is 1. The van der Waals surface area contributed by atoms with Crippen molar-refractivity contribution in [1.82, 2.24) is 9.80 Å². The highest BCUT2D eigenvalue weighted by Crippen LogP contribution is 2.34. The van der Waals surface area contributed by atoms with Crippen molar-refractivity contribution >= 4 is 29.0 Å². The molecule has 0 spiro atoms. The molecule has 1 atom stereocenters. The number of nitrogens with zero attached hydrogens (tertiary/aromatic N) is 2. The number of carbonyl (C=O) groups is 2. The van der Waals surface area contributed by atoms with Crippen LogP contribution in [0, 0.1) is 12.8 Å². The number of carbonyl (C=O) groups excluding carboxylic acids is 2. The molecule has 0 radical (unpaired) electrons. The van der Waals surface area contributed by atoms with E-state index in [9.17, 15) is 14.7 Å². The van der Waals surface area contributed by atoms with Crippen molar-refractivity contribution in [3.05, 3.63) is 75.9 Å². The van der Waals surface area contributed by atoms with E-state index in [4.69, 9.17) is 11.6 Å². The molecule has 0 aromatic heterocycles. The third-order valence-corrected chi connectivity index (χ3v) is 6.37. The molecule has 1 unspecified atom stereocenters. The number of piperidine rings is 1. The minimum Gasteiger partial charge on any atom is -0.396 e. The second kappa shape index (κ2) is 9.25. The molecule has 1 saturated heterocycles. The van der Waals surface area contributed by atoms with Crippen molar-refractivity contribution in [3.8, 4) is 0 Å². The van der Waals surface area contributed by atoms with Crippen LogP contribution in [-0.4, -0.2) is 53.0 Å². The van der Waals surface area contributed by atoms with Gasteiger partial charge in [0.1, 0.15) is 5.70 Å². The van der Waals surface area contributed by atoms with Crippen molar-refractivity contribution in [1.29, 1.82) is 0 Å². The highest BCUT2D eigenvalue weighted by atomic mass is 35.5. The van der Waals surface area contributed by atoms with Crippen molar-refractivity contribution in [3.63, 3.8) is 0 Å². The van der Waals surface area contributed by atoms with Gasteiger partial charge in [0.2, 0.25) is 0 Å². The Balaban J connectivity index is 1.64. The van der Waals surface area contributed by atoms with Gasteiger partial charge in [-0.15, -0.1) is 0 Å². The van der Waals surface area contributed by atoms with Crippen LogP contribution in [0.5, 0.6) is 0 Å². The molecule has 2 aromatic carbocycles. The van der Waals surface area contributed by atoms with Crippen LogP contribution in [0.25, 0.3) is 5.57 Å². The molecule has 2 aliphatic rings. The lowest BCUT2D eigenvalue weighted by atomic mass is 9.96. The molecule has 2 aromatic rings. The molecule has 0 bridgehead atoms. The van der Waals surface area contributed by atoms with Crippen molar-refractivity contribution in [2.45, 2.75) is 26.2 Å². The van der Waals surface area contributed by atoms with Crippen LogP contribution in [0.1, 0.15) is 29.5 Å². The summed E-state index contributed by atoms with van der Waals surface area (Å²) in [5.41, 5.74) is 3.83. The largest absolute Gasteiger partial charge is 0.396 e. The van der Waals surface area contributed by atoms with Crippen molar-refractivity contribution in [2.24, 2.45) is 5.92 Å². The molecule has 31 heavy (non-hydrogen) atoms. The quantitative estimate of drug-likeness (QED) is 0.699. The first-order chi connectivity index (χ1) is 15.0. The Kier molecular flexibility index (Phi) is 6.44. The molecule has 1 N–H and O–H groups in total. The number of imide groups is 1. The maximum atomic E-state index is 13.5. The summed E-state index contributed by atoms with van der Waals surface area (Å²) in [5.74, 6) is -0.372. The Bertz CT molecular complexity index is 998. The van der Waals surface area contributed by atoms with Crippen LogP contribution < -0.4 is 0 Å². The van der Waals surface area contributed by atoms with Crippen LogP contribution in [-0.2, 0) is 16.0 Å². The number of aryl methyl sites for hydroxylation is 1. The van der Waals surface area contributed by atoms with Crippen LogP contribution >= 0.6 is 11.6 Å². The summed E-state index contributed by atoms with van der Waals surface area (Å²) in [6, 6.07) is 15.2. The summed E-state index contributed by atoms with van der Waals surface area (Å²) in [7, 11) is 0. The van der Waals surface area contributed by atoms with E-state index in [0.717, 1.165) is 29.5 Å². The third-order valence-electron chi connectivity index (χ3n) is 6.11. The van der Waals surface area contributed by atoms with Gasteiger partial charge < -0.3 is 10.0 Å². The summed E-state index contributed by atoms with van der Waals surface area (Å²) < 4.78 is 0. The first kappa shape index (κ1) is 21.6. The number of rotatable bonds is 6. The number of hydrogen-bond acceptors (Lipinski definition) is 4. The standard InChI is InChI=1S/C25H27ClN2O3/c1-17-4-8-20(9-5-17)22-23(27-13-2-3-19(15-27)16-29)25(31)28(24(22)30)14-12-18-6-10-21(26)11-7-18/h4-11,19,29H,2-3,12-16H2,1H3. The van der Waals surface area contributed by atoms with E-state index >= 15 is 0 Å². The smallest absolute Gasteiger partial charge is 0.277 e. The number of amides is 2. The Morgan fingerprint density at radius 2 is 1.74 bits per heavy atom. The molecule has 162 valence electrons. The summed E-state index contributed by atoms with van der Waals surface area (Å²) >= 11 is 5.96. The maximum Gasteiger partial charge on any atom is 0.277 e. The molecule has 1 fully saturated rings. The zero-order valence-electron chi connectivity index (χ0n) is 17.7. The van der Waals surface area contributed by atoms with Crippen LogP contribution in [0.15, 0.2) is 54.2 Å². The predicted molar refractivity (Wildman–Crippen MR) is 121 cm³/mol. The predicted octanol–water partition coefficient (Wildman–Crippen LogP) is 3.68. The maximum absolute atomic E-state index is 13.5. The lowest BCUT2D eigenvalue weighted by Crippen LogP contribution is -2.41. The van der Waals surface area contributed by atoms with E-state index in [-0.39, 0.29) is 24.3 Å². The minimum absolute atomic E-state index is 0.0893. The Morgan fingerprint density at radius 1 is 1.03 bits per heavy atom. The number of benzene rings is 2. The average Bonchev–Trinajstić information content (AvgIpc) is 3.03. The number of hydrogen-bond donors (Lipinski definition) is 1. The fourth-order valence-electron chi connectivity index (χ4n) is 4.35. The molecule has 2 aliphatic heterocycles. The Labute approximate surface area is 187 Å². The van der Waals surface area contributed by atoms with E-state index < -0.39 is 0 Å². The van der Waals surface area contributed by atoms with Crippen molar-refractivity contribution < 1.29 is 14.7 Å². The summed E-state index contributed by atoms with van der Waals surface area (Å²) in [6.07, 6.45) is 2.40. The Morgan fingerprint density at radius 3 is 2.42 bits per heavy atom. The molecule has 0 saturated carbocycles. The van der Waals surface area contributed by atoms with Gasteiger partial charge in [-0.1, -0.05) is 53.6 Å². The number of halogens is 1. The highest BCUT2D eigenvalue weighted by Gasteiger charge is 2.42. The number of aliphatic hydroxyl groups excluding tert-OH is 1. The molecule has 2 heterocycles. The van der Waals surface area contributed by atoms with Gasteiger partial charge in [-0.3, -0.25) is 14.5 Å². The topological polar surface area (TPSA) is 60.9 Å². The zero-order chi connectivity index (χ0) is 22.0. The third kappa shape index (κ3) is 4.53. The minimum atomic E-state index is -0.246. The van der Waals surface area contributed by atoms with Crippen LogP contribution in [0.2, 0.25) is 5.02 Å². The summed E-state index contributed by atoms with van der Waals surface area (Å²) in [5, 5.41) is 10.3. The van der Waals surface area contributed by atoms with E-state index in [1.807, 2.05) is 60.4 Å². The van der Waals surface area contributed by atoms with E-state index in [0.29, 0.717) is 42.3 Å². The van der Waals surface area contributed by atoms with Gasteiger partial charge in [0, 0.05) is 31.3 Å². The molecular formula is C25H27ClN2O3. The van der Waals surface area contributed by atoms with Gasteiger partial charge in [0.15, 0.2) is 0 Å². The zero-order valence-corrected chi connectivity index (χ0v) is 18.4. The molecule has 4 rings (SSSR count). The van der Waals surface area contributed by atoms with Crippen LogP contribution in [0.3, 0.4) is 0 Å². The molecule has 0 aliphatic carbocycles. The lowest BCUT2D eigenvalue weighted by Gasteiger charge is -2.34. The molecule has 6 heteroatoms. The van der Waals surface area contributed by atoms with Gasteiger partial charge in [0.05, 0.1) is 5.57 Å². The van der Waals surface area contributed by atoms with Crippen molar-refractivity contribution in [2.75, 3.05) is 26.2 Å². The summed E-state index contributed by atoms with van der Waals surface area (Å²) in [6.45, 7) is 3.70. The second-order valence-corrected chi connectivity index (χ2v) is 8.80. The molecule has 5 nitrogen and oxygen atoms in total. The second-order valence-electron chi connectivity index (χ2n) is 8.36. The van der Waals surface area contributed by atoms with Gasteiger partial charge in [0.25, 0.3) is 11.8 Å². The highest BCUT2D eigenvalue weighted by molar-refractivity contribution is 6.35. The molecule has 2 amide bonds. The lowest BCUT2D eigenvalue weighted by molar-refractivity contribution is -0.137. The van der Waals surface area contributed by atoms with Gasteiger partial charge in [-0.25, -0.2) is 0 Å². The van der Waals surface area contributed by atoms with E-state index in [1.165, 1.54) is 4.90 Å².